The zero-order chi connectivity index (χ0) is 15.7. The van der Waals surface area contributed by atoms with Crippen LogP contribution in [0.15, 0.2) is 24.3 Å². The van der Waals surface area contributed by atoms with E-state index in [-0.39, 0.29) is 11.9 Å². The van der Waals surface area contributed by atoms with E-state index in [9.17, 15) is 4.79 Å². The zero-order valence-electron chi connectivity index (χ0n) is 13.2. The van der Waals surface area contributed by atoms with Crippen molar-refractivity contribution in [3.63, 3.8) is 0 Å². The van der Waals surface area contributed by atoms with Crippen molar-refractivity contribution in [2.45, 2.75) is 58.6 Å². The lowest BCUT2D eigenvalue weighted by Crippen LogP contribution is -2.49. The van der Waals surface area contributed by atoms with E-state index in [1.807, 2.05) is 0 Å². The van der Waals surface area contributed by atoms with Gasteiger partial charge in [0.05, 0.1) is 0 Å². The summed E-state index contributed by atoms with van der Waals surface area (Å²) in [5.41, 5.74) is -0.584. The number of benzene rings is 1. The Morgan fingerprint density at radius 1 is 1.33 bits per heavy atom. The number of carbonyl (C=O) groups is 1. The molecule has 1 N–H and O–H groups in total. The first-order valence-corrected chi connectivity index (χ1v) is 7.81. The Balaban J connectivity index is 1.95. The molecule has 0 bridgehead atoms. The van der Waals surface area contributed by atoms with Gasteiger partial charge in [-0.25, -0.2) is 0 Å². The molecule has 1 unspecified atom stereocenters. The molecule has 1 fully saturated rings. The molecule has 1 amide bonds. The minimum atomic E-state index is -0.902. The standard InChI is InChI=1S/C17H24ClNO2/c1-16(2)10-9-13(11-16)19-15(20)17(3,4)21-14-7-5-12(18)6-8-14/h5-8,13H,9-11H2,1-4H3,(H,19,20). The van der Waals surface area contributed by atoms with Gasteiger partial charge in [0.1, 0.15) is 5.75 Å². The number of carbonyl (C=O) groups excluding carboxylic acids is 1. The minimum absolute atomic E-state index is 0.0693. The highest BCUT2D eigenvalue weighted by Crippen LogP contribution is 2.37. The molecule has 1 aliphatic rings. The third-order valence-electron chi connectivity index (χ3n) is 4.04. The van der Waals surface area contributed by atoms with Crippen molar-refractivity contribution in [3.8, 4) is 5.75 Å². The Labute approximate surface area is 132 Å². The second-order valence-electron chi connectivity index (χ2n) is 7.14. The van der Waals surface area contributed by atoms with Crippen molar-refractivity contribution in [2.75, 3.05) is 0 Å². The van der Waals surface area contributed by atoms with Crippen molar-refractivity contribution in [2.24, 2.45) is 5.41 Å². The molecular formula is C17H24ClNO2. The molecule has 0 aliphatic heterocycles. The molecule has 0 heterocycles. The normalized spacial score (nSPS) is 21.1. The minimum Gasteiger partial charge on any atom is -0.478 e. The quantitative estimate of drug-likeness (QED) is 0.905. The highest BCUT2D eigenvalue weighted by atomic mass is 35.5. The van der Waals surface area contributed by atoms with Crippen molar-refractivity contribution < 1.29 is 9.53 Å². The Kier molecular flexibility index (Phi) is 4.52. The summed E-state index contributed by atoms with van der Waals surface area (Å²) in [6.45, 7) is 8.07. The lowest BCUT2D eigenvalue weighted by Gasteiger charge is -2.27. The van der Waals surface area contributed by atoms with Crippen LogP contribution in [0.5, 0.6) is 5.75 Å². The maximum atomic E-state index is 12.4. The van der Waals surface area contributed by atoms with Gasteiger partial charge in [-0.05, 0) is 62.8 Å². The molecular weight excluding hydrogens is 286 g/mol. The highest BCUT2D eigenvalue weighted by Gasteiger charge is 2.36. The molecule has 21 heavy (non-hydrogen) atoms. The number of halogens is 1. The number of hydrogen-bond acceptors (Lipinski definition) is 2. The predicted octanol–water partition coefficient (Wildman–Crippen LogP) is 4.19. The van der Waals surface area contributed by atoms with Crippen LogP contribution in [-0.4, -0.2) is 17.6 Å². The molecule has 0 radical (unpaired) electrons. The summed E-state index contributed by atoms with van der Waals surface area (Å²) in [5.74, 6) is 0.575. The van der Waals surface area contributed by atoms with Gasteiger partial charge in [-0.1, -0.05) is 25.4 Å². The smallest absolute Gasteiger partial charge is 0.263 e. The van der Waals surface area contributed by atoms with E-state index < -0.39 is 5.60 Å². The van der Waals surface area contributed by atoms with Gasteiger partial charge in [-0.3, -0.25) is 4.79 Å². The van der Waals surface area contributed by atoms with E-state index in [4.69, 9.17) is 16.3 Å². The van der Waals surface area contributed by atoms with Crippen LogP contribution >= 0.6 is 11.6 Å². The third-order valence-corrected chi connectivity index (χ3v) is 4.29. The Bertz CT molecular complexity index is 508. The molecule has 1 atom stereocenters. The van der Waals surface area contributed by atoms with Gasteiger partial charge in [0.25, 0.3) is 5.91 Å². The highest BCUT2D eigenvalue weighted by molar-refractivity contribution is 6.30. The van der Waals surface area contributed by atoms with Crippen molar-refractivity contribution in [1.82, 2.24) is 5.32 Å². The van der Waals surface area contributed by atoms with Gasteiger partial charge in [-0.2, -0.15) is 0 Å². The van der Waals surface area contributed by atoms with Gasteiger partial charge in [0.2, 0.25) is 0 Å². The van der Waals surface area contributed by atoms with E-state index in [2.05, 4.69) is 19.2 Å². The lowest BCUT2D eigenvalue weighted by molar-refractivity contribution is -0.135. The molecule has 0 spiro atoms. The summed E-state index contributed by atoms with van der Waals surface area (Å²) in [4.78, 5) is 12.4. The number of hydrogen-bond donors (Lipinski definition) is 1. The van der Waals surface area contributed by atoms with Crippen LogP contribution in [0.3, 0.4) is 0 Å². The molecule has 4 heteroatoms. The van der Waals surface area contributed by atoms with Gasteiger partial charge in [0, 0.05) is 11.1 Å². The fourth-order valence-electron chi connectivity index (χ4n) is 2.76. The molecule has 1 saturated carbocycles. The average Bonchev–Trinajstić information content (AvgIpc) is 2.71. The molecule has 0 aromatic heterocycles. The van der Waals surface area contributed by atoms with E-state index in [0.29, 0.717) is 16.2 Å². The van der Waals surface area contributed by atoms with Crippen molar-refractivity contribution in [3.05, 3.63) is 29.3 Å². The summed E-state index contributed by atoms with van der Waals surface area (Å²) < 4.78 is 5.81. The summed E-state index contributed by atoms with van der Waals surface area (Å²) in [6.07, 6.45) is 3.21. The second-order valence-corrected chi connectivity index (χ2v) is 7.58. The number of rotatable bonds is 4. The first-order chi connectivity index (χ1) is 9.68. The lowest BCUT2D eigenvalue weighted by atomic mass is 9.92. The number of amides is 1. The molecule has 3 nitrogen and oxygen atoms in total. The van der Waals surface area contributed by atoms with Crippen molar-refractivity contribution >= 4 is 17.5 Å². The molecule has 2 rings (SSSR count). The van der Waals surface area contributed by atoms with Crippen LogP contribution in [0.1, 0.15) is 47.0 Å². The Morgan fingerprint density at radius 2 is 1.95 bits per heavy atom. The number of nitrogens with one attached hydrogen (secondary N) is 1. The van der Waals surface area contributed by atoms with Crippen molar-refractivity contribution in [1.29, 1.82) is 0 Å². The van der Waals surface area contributed by atoms with Gasteiger partial charge in [0.15, 0.2) is 5.60 Å². The Hall–Kier alpha value is -1.22. The maximum Gasteiger partial charge on any atom is 0.263 e. The van der Waals surface area contributed by atoms with Crippen LogP contribution in [0.4, 0.5) is 0 Å². The third kappa shape index (κ3) is 4.37. The van der Waals surface area contributed by atoms with E-state index in [1.165, 1.54) is 0 Å². The first-order valence-electron chi connectivity index (χ1n) is 7.44. The molecule has 116 valence electrons. The monoisotopic (exact) mass is 309 g/mol. The second kappa shape index (κ2) is 5.88. The summed E-state index contributed by atoms with van der Waals surface area (Å²) in [6, 6.07) is 7.31. The fraction of sp³-hybridized carbons (Fsp3) is 0.588. The van der Waals surface area contributed by atoms with Crippen LogP contribution in [0.2, 0.25) is 5.02 Å². The summed E-state index contributed by atoms with van der Waals surface area (Å²) in [5, 5.41) is 3.77. The average molecular weight is 310 g/mol. The first kappa shape index (κ1) is 16.2. The van der Waals surface area contributed by atoms with E-state index in [1.54, 1.807) is 38.1 Å². The number of ether oxygens (including phenoxy) is 1. The zero-order valence-corrected chi connectivity index (χ0v) is 14.0. The van der Waals surface area contributed by atoms with Crippen LogP contribution in [-0.2, 0) is 4.79 Å². The summed E-state index contributed by atoms with van der Waals surface area (Å²) in [7, 11) is 0. The molecule has 0 saturated heterocycles. The summed E-state index contributed by atoms with van der Waals surface area (Å²) >= 11 is 5.85. The van der Waals surface area contributed by atoms with Gasteiger partial charge >= 0.3 is 0 Å². The largest absolute Gasteiger partial charge is 0.478 e. The topological polar surface area (TPSA) is 38.3 Å². The molecule has 1 aromatic carbocycles. The van der Waals surface area contributed by atoms with Gasteiger partial charge in [-0.15, -0.1) is 0 Å². The van der Waals surface area contributed by atoms with E-state index >= 15 is 0 Å². The maximum absolute atomic E-state index is 12.4. The van der Waals surface area contributed by atoms with Gasteiger partial charge < -0.3 is 10.1 Å². The fourth-order valence-corrected chi connectivity index (χ4v) is 2.89. The molecule has 1 aliphatic carbocycles. The predicted molar refractivity (Wildman–Crippen MR) is 85.7 cm³/mol. The van der Waals surface area contributed by atoms with E-state index in [0.717, 1.165) is 19.3 Å². The molecule has 1 aromatic rings. The van der Waals surface area contributed by atoms with Crippen LogP contribution in [0, 0.1) is 5.41 Å². The Morgan fingerprint density at radius 3 is 2.48 bits per heavy atom. The van der Waals surface area contributed by atoms with Crippen LogP contribution < -0.4 is 10.1 Å². The van der Waals surface area contributed by atoms with Crippen LogP contribution in [0.25, 0.3) is 0 Å². The SMILES string of the molecule is CC1(C)CCC(NC(=O)C(C)(C)Oc2ccc(Cl)cc2)C1.